The van der Waals surface area contributed by atoms with Crippen LogP contribution in [0.1, 0.15) is 5.56 Å². The fourth-order valence-corrected chi connectivity index (χ4v) is 1.12. The summed E-state index contributed by atoms with van der Waals surface area (Å²) in [6, 6.07) is 4.27. The van der Waals surface area contributed by atoms with Crippen LogP contribution >= 0.6 is 0 Å². The maximum absolute atomic E-state index is 10.4. The molecule has 94 valence electrons. The second-order valence-electron chi connectivity index (χ2n) is 3.17. The smallest absolute Gasteiger partial charge is 0.341 e. The van der Waals surface area contributed by atoms with Crippen molar-refractivity contribution < 1.29 is 29.3 Å². The van der Waals surface area contributed by atoms with E-state index < -0.39 is 25.2 Å². The van der Waals surface area contributed by atoms with Crippen molar-refractivity contribution in [2.45, 2.75) is 0 Å². The van der Waals surface area contributed by atoms with Crippen molar-refractivity contribution in [3.05, 3.63) is 23.8 Å². The summed E-state index contributed by atoms with van der Waals surface area (Å²) in [6.07, 6.45) is 5.23. The lowest BCUT2D eigenvalue weighted by molar-refractivity contribution is -0.140. The van der Waals surface area contributed by atoms with E-state index in [9.17, 15) is 9.59 Å². The Morgan fingerprint density at radius 3 is 2.33 bits per heavy atom. The molecule has 0 fully saturated rings. The lowest BCUT2D eigenvalue weighted by Gasteiger charge is -2.08. The van der Waals surface area contributed by atoms with Crippen molar-refractivity contribution in [2.24, 2.45) is 0 Å². The lowest BCUT2D eigenvalue weighted by Crippen LogP contribution is -2.11. The second-order valence-corrected chi connectivity index (χ2v) is 3.17. The van der Waals surface area contributed by atoms with Crippen LogP contribution in [0.4, 0.5) is 0 Å². The molecule has 1 aromatic rings. The zero-order chi connectivity index (χ0) is 13.5. The van der Waals surface area contributed by atoms with E-state index in [0.29, 0.717) is 5.56 Å². The zero-order valence-corrected chi connectivity index (χ0v) is 9.25. The highest BCUT2D eigenvalue weighted by Crippen LogP contribution is 2.23. The van der Waals surface area contributed by atoms with Gasteiger partial charge in [-0.05, 0) is 18.2 Å². The highest BCUT2D eigenvalue weighted by atomic mass is 16.5. The van der Waals surface area contributed by atoms with Gasteiger partial charge >= 0.3 is 11.9 Å². The van der Waals surface area contributed by atoms with Crippen LogP contribution in [0.3, 0.4) is 0 Å². The molecule has 0 bridgehead atoms. The molecular weight excluding hydrogens is 240 g/mol. The van der Waals surface area contributed by atoms with E-state index in [4.69, 9.17) is 26.1 Å². The summed E-state index contributed by atoms with van der Waals surface area (Å²) in [7, 11) is 0. The van der Waals surface area contributed by atoms with Gasteiger partial charge in [-0.25, -0.2) is 9.59 Å². The van der Waals surface area contributed by atoms with Crippen LogP contribution in [0, 0.1) is 12.3 Å². The van der Waals surface area contributed by atoms with Gasteiger partial charge < -0.3 is 19.7 Å². The van der Waals surface area contributed by atoms with Gasteiger partial charge in [-0.3, -0.25) is 0 Å². The number of benzene rings is 1. The van der Waals surface area contributed by atoms with Crippen LogP contribution in [-0.2, 0) is 9.59 Å². The van der Waals surface area contributed by atoms with E-state index in [0.717, 1.165) is 0 Å². The number of aliphatic carboxylic acids is 2. The third kappa shape index (κ3) is 4.06. The van der Waals surface area contributed by atoms with Crippen LogP contribution in [0.5, 0.6) is 11.5 Å². The van der Waals surface area contributed by atoms with E-state index in [1.165, 1.54) is 18.2 Å². The Labute approximate surface area is 103 Å². The summed E-state index contributed by atoms with van der Waals surface area (Å²) in [5.74, 6) is 0.569. The molecule has 0 atom stereocenters. The SMILES string of the molecule is C#Cc1cc(OCC(=O)O)ccc1OCC(=O)O. The number of hydrogen-bond donors (Lipinski definition) is 2. The van der Waals surface area contributed by atoms with Crippen LogP contribution < -0.4 is 9.47 Å². The number of carboxylic acids is 2. The van der Waals surface area contributed by atoms with Crippen LogP contribution in [0.2, 0.25) is 0 Å². The minimum atomic E-state index is -1.12. The van der Waals surface area contributed by atoms with Gasteiger partial charge in [-0.2, -0.15) is 0 Å². The molecule has 0 heterocycles. The standard InChI is InChI=1S/C12H10O6/c1-2-8-5-9(17-6-11(13)14)3-4-10(8)18-7-12(15)16/h1,3-5H,6-7H2,(H,13,14)(H,15,16). The number of carboxylic acid groups (broad SMARTS) is 2. The quantitative estimate of drug-likeness (QED) is 0.718. The Bertz CT molecular complexity index is 500. The number of rotatable bonds is 6. The maximum atomic E-state index is 10.4. The predicted octanol–water partition coefficient (Wildman–Crippen LogP) is 0.595. The molecule has 0 aliphatic rings. The number of hydrogen-bond acceptors (Lipinski definition) is 4. The largest absolute Gasteiger partial charge is 0.482 e. The van der Waals surface area contributed by atoms with E-state index >= 15 is 0 Å². The molecule has 6 heteroatoms. The van der Waals surface area contributed by atoms with Crippen molar-refractivity contribution >= 4 is 11.9 Å². The number of ether oxygens (including phenoxy) is 2. The molecule has 0 aliphatic carbocycles. The monoisotopic (exact) mass is 250 g/mol. The summed E-state index contributed by atoms with van der Waals surface area (Å²) in [5, 5.41) is 16.9. The summed E-state index contributed by atoms with van der Waals surface area (Å²) >= 11 is 0. The number of terminal acetylenes is 1. The third-order valence-electron chi connectivity index (χ3n) is 1.82. The fraction of sp³-hybridized carbons (Fsp3) is 0.167. The molecule has 18 heavy (non-hydrogen) atoms. The van der Waals surface area contributed by atoms with Crippen LogP contribution in [0.15, 0.2) is 18.2 Å². The van der Waals surface area contributed by atoms with Crippen molar-refractivity contribution in [2.75, 3.05) is 13.2 Å². The first-order valence-corrected chi connectivity index (χ1v) is 4.82. The van der Waals surface area contributed by atoms with E-state index in [2.05, 4.69) is 5.92 Å². The highest BCUT2D eigenvalue weighted by molar-refractivity contribution is 5.69. The van der Waals surface area contributed by atoms with Crippen LogP contribution in [-0.4, -0.2) is 35.4 Å². The van der Waals surface area contributed by atoms with Gasteiger partial charge in [0, 0.05) is 0 Å². The van der Waals surface area contributed by atoms with Gasteiger partial charge in [-0.15, -0.1) is 6.42 Å². The second kappa shape index (κ2) is 6.15. The van der Waals surface area contributed by atoms with Gasteiger partial charge in [-0.1, -0.05) is 5.92 Å². The molecule has 2 N–H and O–H groups in total. The van der Waals surface area contributed by atoms with E-state index in [-0.39, 0.29) is 11.5 Å². The molecular formula is C12H10O6. The normalized spacial score (nSPS) is 9.28. The minimum absolute atomic E-state index is 0.225. The average Bonchev–Trinajstić information content (AvgIpc) is 2.34. The molecule has 0 aliphatic heterocycles. The van der Waals surface area contributed by atoms with Crippen molar-refractivity contribution in [3.8, 4) is 23.8 Å². The van der Waals surface area contributed by atoms with Gasteiger partial charge in [0.2, 0.25) is 0 Å². The van der Waals surface area contributed by atoms with Crippen molar-refractivity contribution in [1.82, 2.24) is 0 Å². The molecule has 0 unspecified atom stereocenters. The summed E-state index contributed by atoms with van der Waals surface area (Å²) in [4.78, 5) is 20.7. The molecule has 1 rings (SSSR count). The Kier molecular flexibility index (Phi) is 4.58. The molecule has 1 aromatic carbocycles. The van der Waals surface area contributed by atoms with E-state index in [1.54, 1.807) is 0 Å². The summed E-state index contributed by atoms with van der Waals surface area (Å²) < 4.78 is 9.88. The molecule has 0 spiro atoms. The Hall–Kier alpha value is -2.68. The molecule has 0 saturated heterocycles. The van der Waals surface area contributed by atoms with Gasteiger partial charge in [0.05, 0.1) is 5.56 Å². The third-order valence-corrected chi connectivity index (χ3v) is 1.82. The Morgan fingerprint density at radius 2 is 1.78 bits per heavy atom. The van der Waals surface area contributed by atoms with E-state index in [1.807, 2.05) is 0 Å². The molecule has 0 amide bonds. The first-order valence-electron chi connectivity index (χ1n) is 4.82. The molecule has 0 aromatic heterocycles. The Morgan fingerprint density at radius 1 is 1.17 bits per heavy atom. The zero-order valence-electron chi connectivity index (χ0n) is 9.25. The summed E-state index contributed by atoms with van der Waals surface area (Å²) in [6.45, 7) is -0.997. The first kappa shape index (κ1) is 13.4. The molecule has 6 nitrogen and oxygen atoms in total. The average molecular weight is 250 g/mol. The number of carbonyl (C=O) groups is 2. The van der Waals surface area contributed by atoms with Crippen molar-refractivity contribution in [3.63, 3.8) is 0 Å². The minimum Gasteiger partial charge on any atom is -0.482 e. The summed E-state index contributed by atoms with van der Waals surface area (Å²) in [5.41, 5.74) is 0.291. The molecule has 0 saturated carbocycles. The van der Waals surface area contributed by atoms with Crippen molar-refractivity contribution in [1.29, 1.82) is 0 Å². The predicted molar refractivity (Wildman–Crippen MR) is 60.6 cm³/mol. The van der Waals surface area contributed by atoms with Gasteiger partial charge in [0.25, 0.3) is 0 Å². The maximum Gasteiger partial charge on any atom is 0.341 e. The topological polar surface area (TPSA) is 93.1 Å². The van der Waals surface area contributed by atoms with Gasteiger partial charge in [0.15, 0.2) is 13.2 Å². The fourth-order valence-electron chi connectivity index (χ4n) is 1.12. The van der Waals surface area contributed by atoms with Gasteiger partial charge in [0.1, 0.15) is 11.5 Å². The highest BCUT2D eigenvalue weighted by Gasteiger charge is 2.07. The van der Waals surface area contributed by atoms with Crippen LogP contribution in [0.25, 0.3) is 0 Å². The lowest BCUT2D eigenvalue weighted by atomic mass is 10.2. The first-order chi connectivity index (χ1) is 8.52. The molecule has 0 radical (unpaired) electrons. The Balaban J connectivity index is 2.80.